The summed E-state index contributed by atoms with van der Waals surface area (Å²) in [6.07, 6.45) is 3.33. The summed E-state index contributed by atoms with van der Waals surface area (Å²) in [5, 5.41) is 9.71. The summed E-state index contributed by atoms with van der Waals surface area (Å²) in [6, 6.07) is 7.34. The number of aliphatic hydroxyl groups is 1. The molecule has 1 saturated carbocycles. The lowest BCUT2D eigenvalue weighted by Crippen LogP contribution is -2.22. The number of hydrogen-bond acceptors (Lipinski definition) is 4. The van der Waals surface area contributed by atoms with Crippen LogP contribution in [0.2, 0.25) is 0 Å². The summed E-state index contributed by atoms with van der Waals surface area (Å²) in [6.45, 7) is 2.37. The van der Waals surface area contributed by atoms with Gasteiger partial charge >= 0.3 is 0 Å². The van der Waals surface area contributed by atoms with E-state index in [1.807, 2.05) is 31.2 Å². The Kier molecular flexibility index (Phi) is 4.39. The van der Waals surface area contributed by atoms with Gasteiger partial charge in [-0.15, -0.1) is 0 Å². The molecular weight excluding hydrogens is 276 g/mol. The van der Waals surface area contributed by atoms with Crippen LogP contribution in [0.15, 0.2) is 24.3 Å². The Hall–Kier alpha value is -1.07. The Balaban J connectivity index is 1.91. The molecule has 0 radical (unpaired) electrons. The van der Waals surface area contributed by atoms with E-state index < -0.39 is 15.9 Å². The molecule has 5 heteroatoms. The van der Waals surface area contributed by atoms with Crippen LogP contribution in [0.25, 0.3) is 0 Å². The van der Waals surface area contributed by atoms with Crippen molar-refractivity contribution < 1.29 is 18.3 Å². The quantitative estimate of drug-likeness (QED) is 0.839. The normalized spacial score (nSPS) is 18.6. The van der Waals surface area contributed by atoms with E-state index in [1.165, 1.54) is 6.26 Å². The molecule has 112 valence electrons. The Bertz CT molecular complexity index is 544. The molecule has 0 heterocycles. The average Bonchev–Trinajstić information content (AvgIpc) is 3.14. The van der Waals surface area contributed by atoms with Crippen molar-refractivity contribution in [2.45, 2.75) is 32.3 Å². The van der Waals surface area contributed by atoms with E-state index in [2.05, 4.69) is 0 Å². The van der Waals surface area contributed by atoms with E-state index >= 15 is 0 Å². The van der Waals surface area contributed by atoms with Crippen LogP contribution in [-0.2, 0) is 9.84 Å². The van der Waals surface area contributed by atoms with Crippen molar-refractivity contribution in [2.24, 2.45) is 5.41 Å². The van der Waals surface area contributed by atoms with Gasteiger partial charge in [-0.05, 0) is 37.0 Å². The summed E-state index contributed by atoms with van der Waals surface area (Å²) in [5.74, 6) is 0.920. The van der Waals surface area contributed by atoms with Crippen LogP contribution in [0.3, 0.4) is 0 Å². The van der Waals surface area contributed by atoms with Crippen LogP contribution >= 0.6 is 0 Å². The number of benzene rings is 1. The lowest BCUT2D eigenvalue weighted by molar-refractivity contribution is 0.173. The second kappa shape index (κ2) is 5.74. The summed E-state index contributed by atoms with van der Waals surface area (Å²) in [7, 11) is -2.96. The maximum atomic E-state index is 11.4. The van der Waals surface area contributed by atoms with Crippen LogP contribution in [0.4, 0.5) is 0 Å². The lowest BCUT2D eigenvalue weighted by atomic mass is 10.1. The minimum Gasteiger partial charge on any atom is -0.493 e. The van der Waals surface area contributed by atoms with Crippen LogP contribution in [0, 0.1) is 5.41 Å². The fourth-order valence-corrected chi connectivity index (χ4v) is 3.81. The minimum atomic E-state index is -2.96. The molecule has 1 aliphatic rings. The second-order valence-electron chi connectivity index (χ2n) is 5.85. The SMILES string of the molecule is CC[C@H](O)c1ccc(OCC2(CS(C)(=O)=O)CC2)cc1. The molecular formula is C15H22O4S. The predicted molar refractivity (Wildman–Crippen MR) is 78.6 cm³/mol. The van der Waals surface area contributed by atoms with Crippen LogP contribution in [0.5, 0.6) is 5.75 Å². The standard InChI is InChI=1S/C15H22O4S/c1-3-14(16)12-4-6-13(7-5-12)19-10-15(8-9-15)11-20(2,17)18/h4-7,14,16H,3,8-11H2,1-2H3/t14-/m0/s1. The highest BCUT2D eigenvalue weighted by Gasteiger charge is 2.46. The maximum Gasteiger partial charge on any atom is 0.148 e. The van der Waals surface area contributed by atoms with Gasteiger partial charge in [-0.3, -0.25) is 0 Å². The highest BCUT2D eigenvalue weighted by Crippen LogP contribution is 2.46. The summed E-state index contributed by atoms with van der Waals surface area (Å²) in [5.41, 5.74) is 0.687. The molecule has 0 spiro atoms. The molecule has 0 amide bonds. The van der Waals surface area contributed by atoms with Crippen LogP contribution < -0.4 is 4.74 Å². The van der Waals surface area contributed by atoms with Gasteiger partial charge in [-0.2, -0.15) is 0 Å². The number of ether oxygens (including phenoxy) is 1. The van der Waals surface area contributed by atoms with Crippen molar-refractivity contribution in [2.75, 3.05) is 18.6 Å². The van der Waals surface area contributed by atoms with Crippen molar-refractivity contribution in [1.29, 1.82) is 0 Å². The van der Waals surface area contributed by atoms with Crippen LogP contribution in [0.1, 0.15) is 37.9 Å². The molecule has 1 aromatic carbocycles. The third kappa shape index (κ3) is 4.21. The Morgan fingerprint density at radius 3 is 2.35 bits per heavy atom. The molecule has 1 fully saturated rings. The van der Waals surface area contributed by atoms with E-state index in [9.17, 15) is 13.5 Å². The van der Waals surface area contributed by atoms with Crippen molar-refractivity contribution >= 4 is 9.84 Å². The van der Waals surface area contributed by atoms with E-state index in [0.717, 1.165) is 24.2 Å². The van der Waals surface area contributed by atoms with Crippen molar-refractivity contribution in [1.82, 2.24) is 0 Å². The molecule has 1 aromatic rings. The summed E-state index contributed by atoms with van der Waals surface area (Å²) < 4.78 is 28.4. The van der Waals surface area contributed by atoms with Crippen LogP contribution in [-0.4, -0.2) is 32.1 Å². The zero-order valence-electron chi connectivity index (χ0n) is 12.0. The average molecular weight is 298 g/mol. The number of sulfone groups is 1. The Labute approximate surface area is 120 Å². The molecule has 0 saturated heterocycles. The third-order valence-corrected chi connectivity index (χ3v) is 4.86. The van der Waals surface area contributed by atoms with Gasteiger partial charge < -0.3 is 9.84 Å². The molecule has 4 nitrogen and oxygen atoms in total. The van der Waals surface area contributed by atoms with Crippen molar-refractivity contribution in [3.63, 3.8) is 0 Å². The first-order valence-electron chi connectivity index (χ1n) is 6.92. The largest absolute Gasteiger partial charge is 0.493 e. The van der Waals surface area contributed by atoms with E-state index in [4.69, 9.17) is 4.74 Å². The van der Waals surface area contributed by atoms with Crippen molar-refractivity contribution in [3.05, 3.63) is 29.8 Å². The molecule has 0 aliphatic heterocycles. The van der Waals surface area contributed by atoms with Gasteiger partial charge in [0.25, 0.3) is 0 Å². The summed E-state index contributed by atoms with van der Waals surface area (Å²) in [4.78, 5) is 0. The number of rotatable bonds is 7. The maximum absolute atomic E-state index is 11.4. The van der Waals surface area contributed by atoms with Gasteiger partial charge in [-0.1, -0.05) is 19.1 Å². The molecule has 2 rings (SSSR count). The van der Waals surface area contributed by atoms with Gasteiger partial charge in [0.1, 0.15) is 15.6 Å². The number of aliphatic hydroxyl groups excluding tert-OH is 1. The fourth-order valence-electron chi connectivity index (χ4n) is 2.32. The highest BCUT2D eigenvalue weighted by molar-refractivity contribution is 7.90. The first-order valence-corrected chi connectivity index (χ1v) is 8.98. The molecule has 0 bridgehead atoms. The van der Waals surface area contributed by atoms with Crippen molar-refractivity contribution in [3.8, 4) is 5.75 Å². The first kappa shape index (κ1) is 15.3. The van der Waals surface area contributed by atoms with E-state index in [-0.39, 0.29) is 11.2 Å². The highest BCUT2D eigenvalue weighted by atomic mass is 32.2. The molecule has 20 heavy (non-hydrogen) atoms. The number of hydrogen-bond donors (Lipinski definition) is 1. The van der Waals surface area contributed by atoms with Gasteiger partial charge in [0.05, 0.1) is 18.5 Å². The Morgan fingerprint density at radius 2 is 1.90 bits per heavy atom. The molecule has 1 aliphatic carbocycles. The fraction of sp³-hybridized carbons (Fsp3) is 0.600. The van der Waals surface area contributed by atoms with E-state index in [1.54, 1.807) is 0 Å². The smallest absolute Gasteiger partial charge is 0.148 e. The topological polar surface area (TPSA) is 63.6 Å². The minimum absolute atomic E-state index is 0.185. The summed E-state index contributed by atoms with van der Waals surface area (Å²) >= 11 is 0. The zero-order chi connectivity index (χ0) is 14.8. The van der Waals surface area contributed by atoms with Gasteiger partial charge in [0.15, 0.2) is 0 Å². The predicted octanol–water partition coefficient (Wildman–Crippen LogP) is 2.33. The second-order valence-corrected chi connectivity index (χ2v) is 7.99. The molecule has 1 atom stereocenters. The molecule has 0 aromatic heterocycles. The zero-order valence-corrected chi connectivity index (χ0v) is 12.8. The molecule has 0 unspecified atom stereocenters. The molecule has 1 N–H and O–H groups in total. The van der Waals surface area contributed by atoms with Gasteiger partial charge in [0, 0.05) is 11.7 Å². The van der Waals surface area contributed by atoms with E-state index in [0.29, 0.717) is 13.0 Å². The lowest BCUT2D eigenvalue weighted by Gasteiger charge is -2.16. The van der Waals surface area contributed by atoms with Gasteiger partial charge in [-0.25, -0.2) is 8.42 Å². The monoisotopic (exact) mass is 298 g/mol. The Morgan fingerprint density at radius 1 is 1.30 bits per heavy atom. The van der Waals surface area contributed by atoms with Gasteiger partial charge in [0.2, 0.25) is 0 Å². The third-order valence-electron chi connectivity index (χ3n) is 3.72. The first-order chi connectivity index (χ1) is 9.34.